The van der Waals surface area contributed by atoms with Gasteiger partial charge in [0.15, 0.2) is 0 Å². The minimum absolute atomic E-state index is 0.0948. The van der Waals surface area contributed by atoms with Gasteiger partial charge in [-0.2, -0.15) is 13.2 Å². The van der Waals surface area contributed by atoms with Gasteiger partial charge in [-0.3, -0.25) is 0 Å². The first-order chi connectivity index (χ1) is 5.89. The van der Waals surface area contributed by atoms with Gasteiger partial charge < -0.3 is 9.84 Å². The van der Waals surface area contributed by atoms with Crippen molar-refractivity contribution >= 4 is 5.97 Å². The zero-order chi connectivity index (χ0) is 10.5. The Balaban J connectivity index is 3.84. The topological polar surface area (TPSA) is 46.5 Å². The third kappa shape index (κ3) is 4.72. The van der Waals surface area contributed by atoms with Crippen LogP contribution >= 0.6 is 0 Å². The predicted octanol–water partition coefficient (Wildman–Crippen LogP) is 1.25. The van der Waals surface area contributed by atoms with Crippen molar-refractivity contribution in [1.82, 2.24) is 0 Å². The Hall–Kier alpha value is -0.780. The van der Waals surface area contributed by atoms with E-state index >= 15 is 0 Å². The average molecular weight is 200 g/mol. The molecule has 0 saturated carbocycles. The standard InChI is InChI=1S/C7H11F3O3/c1-2-3-4-13-6(12)5(11)7(8,9)10/h5,11H,2-4H2,1H3/t5-/m1/s1. The lowest BCUT2D eigenvalue weighted by atomic mass is 10.3. The number of hydrogen-bond donors (Lipinski definition) is 1. The Labute approximate surface area is 73.5 Å². The molecule has 6 heteroatoms. The largest absolute Gasteiger partial charge is 0.464 e. The minimum atomic E-state index is -4.94. The van der Waals surface area contributed by atoms with Crippen molar-refractivity contribution in [2.75, 3.05) is 6.61 Å². The zero-order valence-electron chi connectivity index (χ0n) is 7.10. The predicted molar refractivity (Wildman–Crippen MR) is 37.9 cm³/mol. The molecule has 0 aromatic heterocycles. The summed E-state index contributed by atoms with van der Waals surface area (Å²) in [6.07, 6.45) is -6.78. The van der Waals surface area contributed by atoms with Gasteiger partial charge in [-0.15, -0.1) is 0 Å². The molecule has 13 heavy (non-hydrogen) atoms. The highest BCUT2D eigenvalue weighted by molar-refractivity contribution is 5.75. The smallest absolute Gasteiger partial charge is 0.425 e. The second kappa shape index (κ2) is 5.06. The summed E-state index contributed by atoms with van der Waals surface area (Å²) >= 11 is 0. The first-order valence-electron chi connectivity index (χ1n) is 3.81. The van der Waals surface area contributed by atoms with Crippen LogP contribution < -0.4 is 0 Å². The number of esters is 1. The highest BCUT2D eigenvalue weighted by Gasteiger charge is 2.44. The first-order valence-corrected chi connectivity index (χ1v) is 3.81. The molecule has 0 aromatic rings. The van der Waals surface area contributed by atoms with Crippen LogP contribution in [0.1, 0.15) is 19.8 Å². The Kier molecular flexibility index (Phi) is 4.76. The highest BCUT2D eigenvalue weighted by atomic mass is 19.4. The molecule has 0 aliphatic heterocycles. The van der Waals surface area contributed by atoms with Crippen molar-refractivity contribution in [3.8, 4) is 0 Å². The summed E-state index contributed by atoms with van der Waals surface area (Å²) in [6.45, 7) is 1.70. The SMILES string of the molecule is CCCCOC(=O)[C@@H](O)C(F)(F)F. The summed E-state index contributed by atoms with van der Waals surface area (Å²) < 4.78 is 39.1. The maximum atomic E-state index is 11.7. The number of rotatable bonds is 4. The van der Waals surface area contributed by atoms with Crippen LogP contribution in [-0.2, 0) is 9.53 Å². The molecule has 78 valence electrons. The van der Waals surface area contributed by atoms with E-state index in [-0.39, 0.29) is 6.61 Å². The van der Waals surface area contributed by atoms with Crippen LogP contribution in [0.15, 0.2) is 0 Å². The van der Waals surface area contributed by atoms with Crippen molar-refractivity contribution in [1.29, 1.82) is 0 Å². The number of unbranched alkanes of at least 4 members (excludes halogenated alkanes) is 1. The molecule has 0 aliphatic carbocycles. The van der Waals surface area contributed by atoms with Crippen LogP contribution in [0.3, 0.4) is 0 Å². The second-order valence-electron chi connectivity index (χ2n) is 2.47. The van der Waals surface area contributed by atoms with E-state index in [1.54, 1.807) is 6.92 Å². The fourth-order valence-electron chi connectivity index (χ4n) is 0.530. The average Bonchev–Trinajstić information content (AvgIpc) is 2.01. The maximum Gasteiger partial charge on any atom is 0.425 e. The molecule has 1 atom stereocenters. The van der Waals surface area contributed by atoms with Crippen molar-refractivity contribution in [3.05, 3.63) is 0 Å². The molecule has 0 aromatic carbocycles. The van der Waals surface area contributed by atoms with Gasteiger partial charge in [0.2, 0.25) is 6.10 Å². The van der Waals surface area contributed by atoms with E-state index in [0.29, 0.717) is 12.8 Å². The fraction of sp³-hybridized carbons (Fsp3) is 0.857. The zero-order valence-corrected chi connectivity index (χ0v) is 7.10. The molecule has 0 amide bonds. The van der Waals surface area contributed by atoms with Crippen LogP contribution in [0.5, 0.6) is 0 Å². The van der Waals surface area contributed by atoms with Gasteiger partial charge in [-0.05, 0) is 6.42 Å². The molecule has 0 heterocycles. The van der Waals surface area contributed by atoms with Crippen LogP contribution in [0.25, 0.3) is 0 Å². The maximum absolute atomic E-state index is 11.7. The lowest BCUT2D eigenvalue weighted by Gasteiger charge is -2.12. The Bertz CT molecular complexity index is 167. The third-order valence-corrected chi connectivity index (χ3v) is 1.28. The van der Waals surface area contributed by atoms with Gasteiger partial charge in [0.1, 0.15) is 0 Å². The van der Waals surface area contributed by atoms with Crippen LogP contribution in [0.4, 0.5) is 13.2 Å². The summed E-state index contributed by atoms with van der Waals surface area (Å²) in [5.74, 6) is -1.64. The number of carbonyl (C=O) groups is 1. The van der Waals surface area contributed by atoms with E-state index in [1.807, 2.05) is 0 Å². The quantitative estimate of drug-likeness (QED) is 0.548. The number of aliphatic hydroxyl groups excluding tert-OH is 1. The van der Waals surface area contributed by atoms with Crippen molar-refractivity contribution in [2.45, 2.75) is 32.0 Å². The molecular weight excluding hydrogens is 189 g/mol. The number of halogens is 3. The molecule has 0 aliphatic rings. The van der Waals surface area contributed by atoms with Gasteiger partial charge in [-0.25, -0.2) is 4.79 Å². The second-order valence-corrected chi connectivity index (χ2v) is 2.47. The normalized spacial score (nSPS) is 13.9. The Morgan fingerprint density at radius 2 is 2.08 bits per heavy atom. The highest BCUT2D eigenvalue weighted by Crippen LogP contribution is 2.20. The van der Waals surface area contributed by atoms with Gasteiger partial charge in [0.25, 0.3) is 0 Å². The molecule has 3 nitrogen and oxygen atoms in total. The number of aliphatic hydroxyl groups is 1. The monoisotopic (exact) mass is 200 g/mol. The van der Waals surface area contributed by atoms with Crippen LogP contribution in [-0.4, -0.2) is 30.0 Å². The van der Waals surface area contributed by atoms with Crippen molar-refractivity contribution in [3.63, 3.8) is 0 Å². The number of ether oxygens (including phenoxy) is 1. The van der Waals surface area contributed by atoms with Crippen LogP contribution in [0.2, 0.25) is 0 Å². The Morgan fingerprint density at radius 3 is 2.46 bits per heavy atom. The number of alkyl halides is 3. The van der Waals surface area contributed by atoms with Gasteiger partial charge >= 0.3 is 12.1 Å². The molecule has 1 N–H and O–H groups in total. The van der Waals surface area contributed by atoms with E-state index in [9.17, 15) is 18.0 Å². The van der Waals surface area contributed by atoms with Crippen LogP contribution in [0, 0.1) is 0 Å². The van der Waals surface area contributed by atoms with E-state index in [2.05, 4.69) is 4.74 Å². The molecule has 0 rings (SSSR count). The molecular formula is C7H11F3O3. The Morgan fingerprint density at radius 1 is 1.54 bits per heavy atom. The van der Waals surface area contributed by atoms with Crippen molar-refractivity contribution in [2.24, 2.45) is 0 Å². The molecule has 0 spiro atoms. The molecule has 0 saturated heterocycles. The summed E-state index contributed by atoms with van der Waals surface area (Å²) in [7, 11) is 0. The number of hydrogen-bond acceptors (Lipinski definition) is 3. The molecule has 0 bridgehead atoms. The lowest BCUT2D eigenvalue weighted by molar-refractivity contribution is -0.218. The molecule has 0 fully saturated rings. The third-order valence-electron chi connectivity index (χ3n) is 1.28. The summed E-state index contributed by atoms with van der Waals surface area (Å²) in [5.41, 5.74) is 0. The first kappa shape index (κ1) is 12.2. The summed E-state index contributed by atoms with van der Waals surface area (Å²) in [6, 6.07) is 0. The minimum Gasteiger partial charge on any atom is -0.464 e. The fourth-order valence-corrected chi connectivity index (χ4v) is 0.530. The van der Waals surface area contributed by atoms with E-state index in [4.69, 9.17) is 5.11 Å². The van der Waals surface area contributed by atoms with E-state index in [0.717, 1.165) is 0 Å². The lowest BCUT2D eigenvalue weighted by Crippen LogP contribution is -2.37. The summed E-state index contributed by atoms with van der Waals surface area (Å²) in [4.78, 5) is 10.5. The summed E-state index contributed by atoms with van der Waals surface area (Å²) in [5, 5.41) is 8.35. The molecule has 0 radical (unpaired) electrons. The molecule has 0 unspecified atom stereocenters. The number of carbonyl (C=O) groups excluding carboxylic acids is 1. The van der Waals surface area contributed by atoms with E-state index in [1.165, 1.54) is 0 Å². The van der Waals surface area contributed by atoms with Gasteiger partial charge in [0, 0.05) is 0 Å². The van der Waals surface area contributed by atoms with Gasteiger partial charge in [0.05, 0.1) is 6.61 Å². The van der Waals surface area contributed by atoms with Crippen molar-refractivity contribution < 1.29 is 27.8 Å². The van der Waals surface area contributed by atoms with Gasteiger partial charge in [-0.1, -0.05) is 13.3 Å². The van der Waals surface area contributed by atoms with E-state index < -0.39 is 18.2 Å².